The van der Waals surface area contributed by atoms with Crippen molar-refractivity contribution in [1.29, 1.82) is 0 Å². The van der Waals surface area contributed by atoms with Crippen molar-refractivity contribution in [2.24, 2.45) is 57.7 Å². The summed E-state index contributed by atoms with van der Waals surface area (Å²) in [5.74, 6) is -0.157. The molecule has 0 radical (unpaired) electrons. The number of fused-ring (bicyclic) bond motifs is 5. The van der Waals surface area contributed by atoms with Crippen molar-refractivity contribution < 1.29 is 57.2 Å². The van der Waals surface area contributed by atoms with Gasteiger partial charge in [-0.25, -0.2) is 4.79 Å². The van der Waals surface area contributed by atoms with Crippen LogP contribution in [0.3, 0.4) is 0 Å². The molecule has 0 aromatic rings. The Bertz CT molecular complexity index is 1420. The van der Waals surface area contributed by atoms with E-state index in [-0.39, 0.29) is 66.7 Å². The van der Waals surface area contributed by atoms with Crippen LogP contribution in [0.5, 0.6) is 0 Å². The molecule has 4 fully saturated rings. The molecule has 0 aliphatic heterocycles. The first-order valence-electron chi connectivity index (χ1n) is 21.2. The van der Waals surface area contributed by atoms with Crippen LogP contribution in [0.2, 0.25) is 0 Å². The normalized spacial score (nSPS) is 31.8. The van der Waals surface area contributed by atoms with E-state index in [2.05, 4.69) is 13.8 Å². The summed E-state index contributed by atoms with van der Waals surface area (Å²) in [5, 5.41) is 0. The van der Waals surface area contributed by atoms with E-state index in [1.54, 1.807) is 20.8 Å². The summed E-state index contributed by atoms with van der Waals surface area (Å²) in [6, 6.07) is 0. The minimum atomic E-state index is -1.19. The van der Waals surface area contributed by atoms with Crippen LogP contribution in [0.15, 0.2) is 0 Å². The molecule has 0 aromatic carbocycles. The molecule has 12 atom stereocenters. The van der Waals surface area contributed by atoms with E-state index in [1.807, 2.05) is 27.7 Å². The lowest BCUT2D eigenvalue weighted by atomic mass is 9.44. The number of hydrogen-bond acceptors (Lipinski definition) is 12. The number of hydrogen-bond donors (Lipinski definition) is 0. The molecule has 4 saturated carbocycles. The lowest BCUT2D eigenvalue weighted by Crippen LogP contribution is -2.54. The predicted molar refractivity (Wildman–Crippen MR) is 207 cm³/mol. The average molecular weight is 791 g/mol. The maximum atomic E-state index is 12.8. The maximum Gasteiger partial charge on any atom is 0.511 e. The number of ether oxygens (including phenoxy) is 6. The number of Topliss-reactive ketones (excluding diaryl/α,β-unsaturated/α-hetero) is 1. The summed E-state index contributed by atoms with van der Waals surface area (Å²) in [4.78, 5) is 75.4. The second-order valence-corrected chi connectivity index (χ2v) is 19.4. The van der Waals surface area contributed by atoms with Gasteiger partial charge in [0.25, 0.3) is 0 Å². The van der Waals surface area contributed by atoms with Crippen molar-refractivity contribution in [2.75, 3.05) is 13.2 Å². The topological polar surface area (TPSA) is 158 Å². The predicted octanol–water partition coefficient (Wildman–Crippen LogP) is 8.54. The zero-order valence-electron chi connectivity index (χ0n) is 35.8. The van der Waals surface area contributed by atoms with Gasteiger partial charge >= 0.3 is 30.0 Å². The Balaban J connectivity index is 1.19. The van der Waals surface area contributed by atoms with E-state index in [1.165, 1.54) is 6.92 Å². The molecular formula is C44H70O12. The maximum absolute atomic E-state index is 12.8. The van der Waals surface area contributed by atoms with Crippen LogP contribution in [0.4, 0.5) is 4.79 Å². The monoisotopic (exact) mass is 790 g/mol. The van der Waals surface area contributed by atoms with Gasteiger partial charge in [-0.15, -0.1) is 0 Å². The zero-order valence-corrected chi connectivity index (χ0v) is 35.8. The second-order valence-electron chi connectivity index (χ2n) is 19.4. The summed E-state index contributed by atoms with van der Waals surface area (Å²) < 4.78 is 32.5. The largest absolute Gasteiger partial charge is 0.511 e. The van der Waals surface area contributed by atoms with Crippen LogP contribution >= 0.6 is 0 Å². The highest BCUT2D eigenvalue weighted by Gasteiger charge is 2.61. The summed E-state index contributed by atoms with van der Waals surface area (Å²) in [7, 11) is 0. The van der Waals surface area contributed by atoms with E-state index in [9.17, 15) is 28.8 Å². The number of esters is 4. The first kappa shape index (κ1) is 45.5. The first-order valence-corrected chi connectivity index (χ1v) is 21.2. The van der Waals surface area contributed by atoms with Gasteiger partial charge in [0.05, 0.1) is 12.3 Å². The molecule has 0 bridgehead atoms. The molecule has 4 rings (SSSR count). The van der Waals surface area contributed by atoms with Crippen molar-refractivity contribution in [2.45, 2.75) is 171 Å². The molecule has 56 heavy (non-hydrogen) atoms. The molecule has 7 unspecified atom stereocenters. The highest BCUT2D eigenvalue weighted by molar-refractivity contribution is 5.79. The number of carbonyl (C=O) groups excluding carboxylic acids is 6. The van der Waals surface area contributed by atoms with E-state index >= 15 is 0 Å². The van der Waals surface area contributed by atoms with Gasteiger partial charge in [-0.1, -0.05) is 55.4 Å². The molecule has 12 nitrogen and oxygen atoms in total. The fourth-order valence-electron chi connectivity index (χ4n) is 10.7. The van der Waals surface area contributed by atoms with Gasteiger partial charge in [-0.3, -0.25) is 24.0 Å². The first-order chi connectivity index (χ1) is 26.1. The fraction of sp³-hybridized carbons (Fsp3) is 0.864. The quantitative estimate of drug-likeness (QED) is 0.0835. The Morgan fingerprint density at radius 3 is 2.00 bits per heavy atom. The third-order valence-electron chi connectivity index (χ3n) is 13.8. The third-order valence-corrected chi connectivity index (χ3v) is 13.8. The molecule has 0 N–H and O–H groups in total. The molecule has 0 spiro atoms. The Kier molecular flexibility index (Phi) is 15.5. The van der Waals surface area contributed by atoms with Gasteiger partial charge in [0.15, 0.2) is 6.10 Å². The summed E-state index contributed by atoms with van der Waals surface area (Å²) in [6.07, 6.45) is 6.35. The molecule has 0 amide bonds. The Morgan fingerprint density at radius 1 is 0.732 bits per heavy atom. The minimum Gasteiger partial charge on any atom is -0.462 e. The van der Waals surface area contributed by atoms with Crippen LogP contribution in [0, 0.1) is 57.7 Å². The van der Waals surface area contributed by atoms with E-state index in [0.717, 1.165) is 57.8 Å². The van der Waals surface area contributed by atoms with Gasteiger partial charge in [-0.05, 0) is 117 Å². The summed E-state index contributed by atoms with van der Waals surface area (Å²) >= 11 is 0. The zero-order chi connectivity index (χ0) is 41.6. The SMILES string of the molecule is CCC(C)C(=O)OCC(COC(=O)CC(C)(C)C)OC(=O)CC(C)CC(=O)OC(C)OC(=O)O[C@@H]1CC[C@@]2(C)C(CC[C@@H]3C2CC[C@@]2(C)C3CC[C@@H]2C(C)=O)C1. The number of carbonyl (C=O) groups is 6. The number of ketones is 1. The van der Waals surface area contributed by atoms with E-state index < -0.39 is 48.3 Å². The van der Waals surface area contributed by atoms with E-state index in [4.69, 9.17) is 28.4 Å². The van der Waals surface area contributed by atoms with Gasteiger partial charge in [0.1, 0.15) is 25.1 Å². The molecule has 0 saturated heterocycles. The highest BCUT2D eigenvalue weighted by atomic mass is 16.8. The van der Waals surface area contributed by atoms with Gasteiger partial charge < -0.3 is 28.4 Å². The van der Waals surface area contributed by atoms with Gasteiger partial charge in [0.2, 0.25) is 6.29 Å². The smallest absolute Gasteiger partial charge is 0.462 e. The van der Waals surface area contributed by atoms with Crippen LogP contribution in [-0.4, -0.2) is 67.5 Å². The van der Waals surface area contributed by atoms with Crippen molar-refractivity contribution >= 4 is 35.8 Å². The van der Waals surface area contributed by atoms with E-state index in [0.29, 0.717) is 35.9 Å². The van der Waals surface area contributed by atoms with Crippen molar-refractivity contribution in [1.82, 2.24) is 0 Å². The third kappa shape index (κ3) is 11.7. The Hall–Kier alpha value is -3.18. The van der Waals surface area contributed by atoms with Crippen molar-refractivity contribution in [3.05, 3.63) is 0 Å². The molecule has 12 heteroatoms. The van der Waals surface area contributed by atoms with Crippen LogP contribution in [-0.2, 0) is 52.4 Å². The summed E-state index contributed by atoms with van der Waals surface area (Å²) in [6.45, 7) is 18.4. The molecule has 0 heterocycles. The fourth-order valence-corrected chi connectivity index (χ4v) is 10.7. The molecule has 0 aromatic heterocycles. The average Bonchev–Trinajstić information content (AvgIpc) is 3.45. The minimum absolute atomic E-state index is 0.130. The molecule has 4 aliphatic carbocycles. The van der Waals surface area contributed by atoms with Crippen LogP contribution in [0.1, 0.15) is 153 Å². The van der Waals surface area contributed by atoms with Crippen LogP contribution in [0.25, 0.3) is 0 Å². The molecule has 318 valence electrons. The van der Waals surface area contributed by atoms with Gasteiger partial charge in [-0.2, -0.15) is 0 Å². The Labute approximate surface area is 334 Å². The molecular weight excluding hydrogens is 720 g/mol. The van der Waals surface area contributed by atoms with Crippen molar-refractivity contribution in [3.8, 4) is 0 Å². The second kappa shape index (κ2) is 19.0. The highest BCUT2D eigenvalue weighted by Crippen LogP contribution is 2.67. The van der Waals surface area contributed by atoms with Crippen molar-refractivity contribution in [3.63, 3.8) is 0 Å². The standard InChI is InChI=1S/C44H70O12/c1-11-27(3)40(49)52-25-32(24-51-39(48)23-42(6,7)8)55-38(47)21-26(2)20-37(46)53-29(5)54-41(50)56-31-16-18-43(9)30(22-31)12-13-33-35-15-14-34(28(4)45)44(35,10)19-17-36(33)43/h26-27,29-36H,11-25H2,1-10H3/t26?,27?,29?,30?,31-,32?,33+,34-,35?,36?,43+,44-/m1/s1. The van der Waals surface area contributed by atoms with Crippen LogP contribution < -0.4 is 0 Å². The van der Waals surface area contributed by atoms with Gasteiger partial charge in [0, 0.05) is 25.7 Å². The lowest BCUT2D eigenvalue weighted by Gasteiger charge is -2.61. The molecule has 4 aliphatic rings. The Morgan fingerprint density at radius 2 is 1.36 bits per heavy atom. The lowest BCUT2D eigenvalue weighted by molar-refractivity contribution is -0.173. The number of rotatable bonds is 16. The summed E-state index contributed by atoms with van der Waals surface area (Å²) in [5.41, 5.74) is 0.0212.